The van der Waals surface area contributed by atoms with E-state index in [2.05, 4.69) is 15.3 Å². The number of nitrogens with zero attached hydrogens (tertiary/aromatic N) is 1. The number of H-pyrrole nitrogens is 1. The monoisotopic (exact) mass is 353 g/mol. The number of anilines is 1. The maximum absolute atomic E-state index is 11.1. The summed E-state index contributed by atoms with van der Waals surface area (Å²) < 4.78 is 5.84. The molecule has 6 heteroatoms. The topological polar surface area (TPSA) is 87.2 Å². The molecule has 0 aliphatic rings. The first-order chi connectivity index (χ1) is 12.6. The van der Waals surface area contributed by atoms with Crippen LogP contribution >= 0.6 is 0 Å². The number of aromatic amines is 1. The Morgan fingerprint density at radius 3 is 3.00 bits per heavy atom. The second kappa shape index (κ2) is 8.38. The zero-order valence-corrected chi connectivity index (χ0v) is 14.7. The molecule has 2 aromatic heterocycles. The number of rotatable bonds is 9. The van der Waals surface area contributed by atoms with Crippen LogP contribution in [0.1, 0.15) is 18.9 Å². The Labute approximate surface area is 152 Å². The van der Waals surface area contributed by atoms with E-state index in [-0.39, 0.29) is 0 Å². The molecular formula is C20H23N3O3. The first kappa shape index (κ1) is 17.8. The van der Waals surface area contributed by atoms with Crippen LogP contribution in [0.25, 0.3) is 10.9 Å². The quantitative estimate of drug-likeness (QED) is 0.511. The van der Waals surface area contributed by atoms with Gasteiger partial charge in [0, 0.05) is 29.8 Å². The second-order valence-electron chi connectivity index (χ2n) is 6.31. The van der Waals surface area contributed by atoms with E-state index in [9.17, 15) is 4.79 Å². The number of carboxylic acids is 1. The lowest BCUT2D eigenvalue weighted by Crippen LogP contribution is -2.11. The zero-order chi connectivity index (χ0) is 18.4. The highest BCUT2D eigenvalue weighted by Gasteiger charge is 2.14. The first-order valence-electron chi connectivity index (χ1n) is 8.74. The van der Waals surface area contributed by atoms with E-state index in [1.807, 2.05) is 42.6 Å². The van der Waals surface area contributed by atoms with E-state index in [1.54, 1.807) is 13.1 Å². The van der Waals surface area contributed by atoms with E-state index in [0.717, 1.165) is 41.0 Å². The molecule has 3 N–H and O–H groups in total. The van der Waals surface area contributed by atoms with Crippen molar-refractivity contribution in [3.05, 3.63) is 54.4 Å². The van der Waals surface area contributed by atoms with Gasteiger partial charge in [-0.25, -0.2) is 4.98 Å². The molecule has 3 rings (SSSR count). The number of hydrogen-bond acceptors (Lipinski definition) is 4. The molecule has 0 radical (unpaired) electrons. The number of carbonyl (C=O) groups is 1. The summed E-state index contributed by atoms with van der Waals surface area (Å²) >= 11 is 0. The van der Waals surface area contributed by atoms with Crippen molar-refractivity contribution in [1.29, 1.82) is 0 Å². The molecule has 0 aliphatic heterocycles. The Morgan fingerprint density at radius 1 is 1.35 bits per heavy atom. The lowest BCUT2D eigenvalue weighted by Gasteiger charge is -2.09. The van der Waals surface area contributed by atoms with Gasteiger partial charge in [-0.05, 0) is 48.7 Å². The van der Waals surface area contributed by atoms with Gasteiger partial charge in [0.05, 0.1) is 12.5 Å². The number of ether oxygens (including phenoxy) is 1. The van der Waals surface area contributed by atoms with Gasteiger partial charge in [-0.2, -0.15) is 0 Å². The normalized spacial score (nSPS) is 12.0. The van der Waals surface area contributed by atoms with Crippen LogP contribution in [0.2, 0.25) is 0 Å². The highest BCUT2D eigenvalue weighted by Crippen LogP contribution is 2.25. The fourth-order valence-electron chi connectivity index (χ4n) is 2.78. The molecule has 1 atom stereocenters. The number of carboxylic acid groups (broad SMARTS) is 1. The van der Waals surface area contributed by atoms with Crippen molar-refractivity contribution < 1.29 is 14.6 Å². The van der Waals surface area contributed by atoms with Crippen LogP contribution in [-0.2, 0) is 11.2 Å². The van der Waals surface area contributed by atoms with E-state index in [4.69, 9.17) is 9.84 Å². The number of pyridine rings is 1. The maximum Gasteiger partial charge on any atom is 0.306 e. The lowest BCUT2D eigenvalue weighted by atomic mass is 10.0. The summed E-state index contributed by atoms with van der Waals surface area (Å²) in [6.45, 7) is 3.09. The summed E-state index contributed by atoms with van der Waals surface area (Å²) in [6, 6.07) is 11.6. The summed E-state index contributed by atoms with van der Waals surface area (Å²) in [7, 11) is 0. The predicted molar refractivity (Wildman–Crippen MR) is 102 cm³/mol. The van der Waals surface area contributed by atoms with Gasteiger partial charge in [0.15, 0.2) is 0 Å². The summed E-state index contributed by atoms with van der Waals surface area (Å²) in [5.41, 5.74) is 1.99. The number of aliphatic carboxylic acids is 1. The smallest absolute Gasteiger partial charge is 0.306 e. The molecule has 0 aliphatic carbocycles. The third kappa shape index (κ3) is 4.53. The molecule has 0 amide bonds. The molecule has 3 aromatic rings. The number of aromatic nitrogens is 2. The van der Waals surface area contributed by atoms with Crippen molar-refractivity contribution in [3.63, 3.8) is 0 Å². The number of fused-ring (bicyclic) bond motifs is 1. The minimum absolute atomic E-state index is 0.420. The van der Waals surface area contributed by atoms with Gasteiger partial charge in [-0.1, -0.05) is 13.0 Å². The van der Waals surface area contributed by atoms with E-state index in [0.29, 0.717) is 13.0 Å². The van der Waals surface area contributed by atoms with Gasteiger partial charge in [-0.3, -0.25) is 4.79 Å². The van der Waals surface area contributed by atoms with Crippen LogP contribution in [0.15, 0.2) is 48.8 Å². The average Bonchev–Trinajstić information content (AvgIpc) is 3.04. The highest BCUT2D eigenvalue weighted by molar-refractivity contribution is 5.85. The summed E-state index contributed by atoms with van der Waals surface area (Å²) in [5, 5.41) is 13.4. The third-order valence-corrected chi connectivity index (χ3v) is 4.25. The summed E-state index contributed by atoms with van der Waals surface area (Å²) in [4.78, 5) is 18.5. The Kier molecular flexibility index (Phi) is 5.73. The fraction of sp³-hybridized carbons (Fsp3) is 0.300. The van der Waals surface area contributed by atoms with Crippen molar-refractivity contribution in [2.45, 2.75) is 19.8 Å². The van der Waals surface area contributed by atoms with Crippen LogP contribution in [0, 0.1) is 5.92 Å². The fourth-order valence-corrected chi connectivity index (χ4v) is 2.78. The van der Waals surface area contributed by atoms with Gasteiger partial charge in [0.1, 0.15) is 11.6 Å². The third-order valence-electron chi connectivity index (χ3n) is 4.25. The van der Waals surface area contributed by atoms with Gasteiger partial charge >= 0.3 is 5.97 Å². The predicted octanol–water partition coefficient (Wildman–Crippen LogP) is 3.71. The molecule has 1 unspecified atom stereocenters. The molecule has 0 bridgehead atoms. The largest absolute Gasteiger partial charge is 0.494 e. The van der Waals surface area contributed by atoms with Crippen LogP contribution < -0.4 is 10.1 Å². The van der Waals surface area contributed by atoms with Crippen LogP contribution in [-0.4, -0.2) is 34.2 Å². The molecule has 6 nitrogen and oxygen atoms in total. The van der Waals surface area contributed by atoms with Crippen molar-refractivity contribution in [2.75, 3.05) is 18.5 Å². The summed E-state index contributed by atoms with van der Waals surface area (Å²) in [5.74, 6) is 0.445. The van der Waals surface area contributed by atoms with Gasteiger partial charge in [0.2, 0.25) is 0 Å². The van der Waals surface area contributed by atoms with Crippen LogP contribution in [0.4, 0.5) is 5.82 Å². The van der Waals surface area contributed by atoms with Crippen LogP contribution in [0.3, 0.4) is 0 Å². The standard InChI is InChI=1S/C20H23N3O3/c1-14(20(24)25)11-15-13-23-18-7-6-16(12-17(15)18)26-10-4-9-22-19-5-2-3-8-21-19/h2-3,5-8,12-14,23H,4,9-11H2,1H3,(H,21,22)(H,24,25). The number of benzene rings is 1. The SMILES string of the molecule is CC(Cc1c[nH]c2ccc(OCCCNc3ccccn3)cc12)C(=O)O. The lowest BCUT2D eigenvalue weighted by molar-refractivity contribution is -0.141. The van der Waals surface area contributed by atoms with Crippen molar-refractivity contribution in [1.82, 2.24) is 9.97 Å². The van der Waals surface area contributed by atoms with E-state index in [1.165, 1.54) is 0 Å². The van der Waals surface area contributed by atoms with E-state index >= 15 is 0 Å². The van der Waals surface area contributed by atoms with Crippen molar-refractivity contribution >= 4 is 22.7 Å². The Morgan fingerprint density at radius 2 is 2.23 bits per heavy atom. The molecule has 0 saturated heterocycles. The minimum Gasteiger partial charge on any atom is -0.494 e. The molecule has 1 aromatic carbocycles. The Bertz CT molecular complexity index is 861. The molecule has 0 spiro atoms. The maximum atomic E-state index is 11.1. The Balaban J connectivity index is 1.54. The van der Waals surface area contributed by atoms with Crippen molar-refractivity contribution in [3.8, 4) is 5.75 Å². The molecule has 0 saturated carbocycles. The minimum atomic E-state index is -0.785. The molecule has 26 heavy (non-hydrogen) atoms. The van der Waals surface area contributed by atoms with E-state index < -0.39 is 11.9 Å². The molecule has 0 fully saturated rings. The Hall–Kier alpha value is -3.02. The molecule has 136 valence electrons. The second-order valence-corrected chi connectivity index (χ2v) is 6.31. The summed E-state index contributed by atoms with van der Waals surface area (Å²) in [6.07, 6.45) is 4.98. The van der Waals surface area contributed by atoms with Gasteiger partial charge in [0.25, 0.3) is 0 Å². The van der Waals surface area contributed by atoms with Gasteiger partial charge in [-0.15, -0.1) is 0 Å². The number of nitrogens with one attached hydrogen (secondary N) is 2. The highest BCUT2D eigenvalue weighted by atomic mass is 16.5. The zero-order valence-electron chi connectivity index (χ0n) is 14.7. The average molecular weight is 353 g/mol. The van der Waals surface area contributed by atoms with Crippen molar-refractivity contribution in [2.24, 2.45) is 5.92 Å². The molecule has 2 heterocycles. The van der Waals surface area contributed by atoms with Gasteiger partial charge < -0.3 is 20.1 Å². The number of hydrogen-bond donors (Lipinski definition) is 3. The molecular weight excluding hydrogens is 330 g/mol. The van der Waals surface area contributed by atoms with Crippen LogP contribution in [0.5, 0.6) is 5.75 Å². The first-order valence-corrected chi connectivity index (χ1v) is 8.74.